The van der Waals surface area contributed by atoms with Crippen LogP contribution in [0.3, 0.4) is 0 Å². The molecule has 0 spiro atoms. The number of benzene rings is 1. The fraction of sp³-hybridized carbons (Fsp3) is 0.250. The Hall–Kier alpha value is -1.75. The lowest BCUT2D eigenvalue weighted by Crippen LogP contribution is -2.06. The van der Waals surface area contributed by atoms with Gasteiger partial charge in [-0.15, -0.1) is 0 Å². The molecule has 17 heavy (non-hydrogen) atoms. The SMILES string of the molecule is Nc1[nH+]c(-c2ccc3c(c2)OCCCO3)cs1. The van der Waals surface area contributed by atoms with E-state index >= 15 is 0 Å². The van der Waals surface area contributed by atoms with E-state index in [2.05, 4.69) is 4.98 Å². The lowest BCUT2D eigenvalue weighted by Gasteiger charge is -2.07. The van der Waals surface area contributed by atoms with E-state index in [1.54, 1.807) is 0 Å². The molecule has 3 N–H and O–H groups in total. The summed E-state index contributed by atoms with van der Waals surface area (Å²) in [5.74, 6) is 1.62. The van der Waals surface area contributed by atoms with Crippen LogP contribution in [0, 0.1) is 0 Å². The molecule has 4 nitrogen and oxygen atoms in total. The predicted molar refractivity (Wildman–Crippen MR) is 66.3 cm³/mol. The summed E-state index contributed by atoms with van der Waals surface area (Å²) in [6.07, 6.45) is 0.918. The van der Waals surface area contributed by atoms with Crippen LogP contribution in [-0.4, -0.2) is 13.2 Å². The van der Waals surface area contributed by atoms with Gasteiger partial charge < -0.3 is 9.47 Å². The molecule has 1 aromatic heterocycles. The van der Waals surface area contributed by atoms with Crippen molar-refractivity contribution in [1.29, 1.82) is 0 Å². The summed E-state index contributed by atoms with van der Waals surface area (Å²) in [5.41, 5.74) is 7.75. The van der Waals surface area contributed by atoms with Crippen LogP contribution in [0.2, 0.25) is 0 Å². The maximum absolute atomic E-state index is 5.69. The number of nitrogens with one attached hydrogen (secondary N) is 1. The quantitative estimate of drug-likeness (QED) is 0.840. The number of nitrogens with two attached hydrogens (primary N) is 1. The zero-order chi connectivity index (χ0) is 11.7. The van der Waals surface area contributed by atoms with Crippen LogP contribution in [0.1, 0.15) is 6.42 Å². The summed E-state index contributed by atoms with van der Waals surface area (Å²) in [6, 6.07) is 5.93. The van der Waals surface area contributed by atoms with E-state index in [4.69, 9.17) is 15.2 Å². The zero-order valence-electron chi connectivity index (χ0n) is 9.23. The molecule has 0 aliphatic carbocycles. The Bertz CT molecular complexity index is 539. The Balaban J connectivity index is 2.00. The number of nitrogen functional groups attached to an aromatic ring is 1. The molecule has 2 heterocycles. The van der Waals surface area contributed by atoms with Gasteiger partial charge in [-0.25, -0.2) is 4.98 Å². The summed E-state index contributed by atoms with van der Waals surface area (Å²) in [4.78, 5) is 3.11. The van der Waals surface area contributed by atoms with Crippen molar-refractivity contribution in [2.24, 2.45) is 0 Å². The molecule has 5 heteroatoms. The Morgan fingerprint density at radius 2 is 2.00 bits per heavy atom. The molecule has 1 aliphatic rings. The molecule has 0 amide bonds. The van der Waals surface area contributed by atoms with Gasteiger partial charge in [-0.2, -0.15) is 0 Å². The number of fused-ring (bicyclic) bond motifs is 1. The maximum Gasteiger partial charge on any atom is 0.329 e. The minimum Gasteiger partial charge on any atom is -0.490 e. The van der Waals surface area contributed by atoms with Crippen LogP contribution >= 0.6 is 11.3 Å². The Morgan fingerprint density at radius 1 is 1.18 bits per heavy atom. The monoisotopic (exact) mass is 249 g/mol. The lowest BCUT2D eigenvalue weighted by molar-refractivity contribution is -0.340. The molecule has 0 fully saturated rings. The van der Waals surface area contributed by atoms with Crippen molar-refractivity contribution in [2.45, 2.75) is 6.42 Å². The molecule has 0 atom stereocenters. The standard InChI is InChI=1S/C12H12N2O2S/c13-12-14-9(7-17-12)8-2-3-10-11(6-8)16-5-1-4-15-10/h2-3,6-7H,1,4-5H2,(H2,13,14)/p+1. The van der Waals surface area contributed by atoms with Crippen molar-refractivity contribution in [3.8, 4) is 22.8 Å². The molecule has 1 aromatic carbocycles. The molecule has 0 unspecified atom stereocenters. The number of anilines is 1. The van der Waals surface area contributed by atoms with Crippen molar-refractivity contribution in [2.75, 3.05) is 18.9 Å². The highest BCUT2D eigenvalue weighted by atomic mass is 32.1. The smallest absolute Gasteiger partial charge is 0.329 e. The fourth-order valence-electron chi connectivity index (χ4n) is 1.79. The normalized spacial score (nSPS) is 14.4. The van der Waals surface area contributed by atoms with Gasteiger partial charge in [0.1, 0.15) is 5.69 Å². The summed E-state index contributed by atoms with van der Waals surface area (Å²) in [5, 5.41) is 2.70. The third-order valence-corrected chi connectivity index (χ3v) is 3.33. The first-order valence-electron chi connectivity index (χ1n) is 5.49. The van der Waals surface area contributed by atoms with E-state index in [0.29, 0.717) is 18.3 Å². The van der Waals surface area contributed by atoms with Crippen LogP contribution in [0.15, 0.2) is 23.6 Å². The topological polar surface area (TPSA) is 58.6 Å². The second-order valence-corrected chi connectivity index (χ2v) is 4.76. The zero-order valence-corrected chi connectivity index (χ0v) is 10.0. The average molecular weight is 249 g/mol. The van der Waals surface area contributed by atoms with Crippen molar-refractivity contribution >= 4 is 16.5 Å². The first-order valence-corrected chi connectivity index (χ1v) is 6.37. The van der Waals surface area contributed by atoms with Gasteiger partial charge in [0.15, 0.2) is 11.5 Å². The van der Waals surface area contributed by atoms with Crippen molar-refractivity contribution in [3.05, 3.63) is 23.6 Å². The Labute approximate surface area is 103 Å². The van der Waals surface area contributed by atoms with Gasteiger partial charge in [0, 0.05) is 17.4 Å². The summed E-state index contributed by atoms with van der Waals surface area (Å²) >= 11 is 1.49. The third-order valence-electron chi connectivity index (χ3n) is 2.62. The van der Waals surface area contributed by atoms with E-state index < -0.39 is 0 Å². The van der Waals surface area contributed by atoms with E-state index in [0.717, 1.165) is 29.2 Å². The molecule has 3 rings (SSSR count). The van der Waals surface area contributed by atoms with Gasteiger partial charge in [-0.3, -0.25) is 5.73 Å². The maximum atomic E-state index is 5.69. The molecule has 2 aromatic rings. The number of ether oxygens (including phenoxy) is 2. The van der Waals surface area contributed by atoms with Crippen molar-refractivity contribution in [1.82, 2.24) is 0 Å². The largest absolute Gasteiger partial charge is 0.490 e. The Morgan fingerprint density at radius 3 is 2.76 bits per heavy atom. The van der Waals surface area contributed by atoms with Crippen molar-refractivity contribution < 1.29 is 14.5 Å². The van der Waals surface area contributed by atoms with Crippen LogP contribution in [0.25, 0.3) is 11.3 Å². The Kier molecular flexibility index (Phi) is 2.60. The van der Waals surface area contributed by atoms with Crippen LogP contribution in [0.4, 0.5) is 5.13 Å². The molecule has 0 saturated carbocycles. The van der Waals surface area contributed by atoms with E-state index in [-0.39, 0.29) is 0 Å². The fourth-order valence-corrected chi connectivity index (χ4v) is 2.39. The van der Waals surface area contributed by atoms with Crippen LogP contribution < -0.4 is 20.2 Å². The van der Waals surface area contributed by atoms with E-state index in [1.165, 1.54) is 11.3 Å². The molecule has 1 aliphatic heterocycles. The summed E-state index contributed by atoms with van der Waals surface area (Å²) in [7, 11) is 0. The highest BCUT2D eigenvalue weighted by molar-refractivity contribution is 7.13. The van der Waals surface area contributed by atoms with Crippen LogP contribution in [0.5, 0.6) is 11.5 Å². The number of rotatable bonds is 1. The second-order valence-electron chi connectivity index (χ2n) is 3.85. The number of hydrogen-bond donors (Lipinski definition) is 1. The highest BCUT2D eigenvalue weighted by Gasteiger charge is 2.13. The van der Waals surface area contributed by atoms with Gasteiger partial charge >= 0.3 is 5.13 Å². The first kappa shape index (κ1) is 10.4. The average Bonchev–Trinajstić information content (AvgIpc) is 2.64. The van der Waals surface area contributed by atoms with Gasteiger partial charge in [-0.05, 0) is 18.2 Å². The summed E-state index contributed by atoms with van der Waals surface area (Å²) < 4.78 is 11.2. The first-order chi connectivity index (χ1) is 8.33. The minimum atomic E-state index is 0.700. The molecule has 0 radical (unpaired) electrons. The number of H-pyrrole nitrogens is 1. The molecule has 0 bridgehead atoms. The summed E-state index contributed by atoms with van der Waals surface area (Å²) in [6.45, 7) is 1.41. The van der Waals surface area contributed by atoms with Gasteiger partial charge in [-0.1, -0.05) is 11.3 Å². The van der Waals surface area contributed by atoms with Crippen molar-refractivity contribution in [3.63, 3.8) is 0 Å². The van der Waals surface area contributed by atoms with Crippen LogP contribution in [-0.2, 0) is 0 Å². The van der Waals surface area contributed by atoms with Gasteiger partial charge in [0.2, 0.25) is 0 Å². The third kappa shape index (κ3) is 2.06. The lowest BCUT2D eigenvalue weighted by atomic mass is 10.1. The number of aromatic amines is 1. The molecular formula is C12H13N2O2S+. The van der Waals surface area contributed by atoms with E-state index in [1.807, 2.05) is 23.6 Å². The molecule has 0 saturated heterocycles. The predicted octanol–water partition coefficient (Wildman–Crippen LogP) is 1.97. The van der Waals surface area contributed by atoms with Gasteiger partial charge in [0.25, 0.3) is 0 Å². The van der Waals surface area contributed by atoms with E-state index in [9.17, 15) is 0 Å². The number of hydrogen-bond acceptors (Lipinski definition) is 4. The number of aromatic nitrogens is 1. The second kappa shape index (κ2) is 4.25. The van der Waals surface area contributed by atoms with Gasteiger partial charge in [0.05, 0.1) is 13.2 Å². The molecular weight excluding hydrogens is 236 g/mol. The highest BCUT2D eigenvalue weighted by Crippen LogP contribution is 2.33. The number of thiazole rings is 1. The minimum absolute atomic E-state index is 0.700. The molecule has 88 valence electrons.